The largest absolute Gasteiger partial charge is 0.493 e. The smallest absolute Gasteiger partial charge is 0.223 e. The molecule has 0 aromatic heterocycles. The van der Waals surface area contributed by atoms with Crippen LogP contribution in [0.25, 0.3) is 0 Å². The molecule has 0 unspecified atom stereocenters. The van der Waals surface area contributed by atoms with Crippen molar-refractivity contribution in [2.75, 3.05) is 33.9 Å². The van der Waals surface area contributed by atoms with Gasteiger partial charge in [0.1, 0.15) is 0 Å². The van der Waals surface area contributed by atoms with Gasteiger partial charge in [-0.15, -0.1) is 0 Å². The van der Waals surface area contributed by atoms with Gasteiger partial charge in [0.05, 0.1) is 14.2 Å². The number of hydrogen-bond donors (Lipinski definition) is 1. The third kappa shape index (κ3) is 4.55. The van der Waals surface area contributed by atoms with Gasteiger partial charge < -0.3 is 14.8 Å². The molecular weight excluding hydrogens is 424 g/mol. The van der Waals surface area contributed by atoms with E-state index < -0.39 is 0 Å². The molecular formula is C29H38N2O3. The second-order valence-corrected chi connectivity index (χ2v) is 10.7. The third-order valence-corrected chi connectivity index (χ3v) is 8.76. The highest BCUT2D eigenvalue weighted by atomic mass is 16.5. The van der Waals surface area contributed by atoms with Crippen molar-refractivity contribution in [2.45, 2.75) is 56.9 Å². The number of ether oxygens (including phenoxy) is 2. The van der Waals surface area contributed by atoms with E-state index >= 15 is 0 Å². The molecule has 2 aliphatic carbocycles. The normalized spacial score (nSPS) is 22.9. The molecule has 1 heterocycles. The number of carbonyl (C=O) groups excluding carboxylic acids is 1. The van der Waals surface area contributed by atoms with Gasteiger partial charge in [-0.3, -0.25) is 9.69 Å². The molecule has 3 aliphatic rings. The lowest BCUT2D eigenvalue weighted by molar-refractivity contribution is -0.123. The number of piperidine rings is 1. The Bertz CT molecular complexity index is 992. The lowest BCUT2D eigenvalue weighted by atomic mass is 9.78. The first kappa shape index (κ1) is 23.2. The maximum absolute atomic E-state index is 13.2. The second-order valence-electron chi connectivity index (χ2n) is 10.7. The third-order valence-electron chi connectivity index (χ3n) is 8.76. The zero-order chi connectivity index (χ0) is 23.6. The van der Waals surface area contributed by atoms with Crippen LogP contribution in [-0.2, 0) is 16.8 Å². The van der Waals surface area contributed by atoms with E-state index in [1.165, 1.54) is 36.8 Å². The first-order valence-electron chi connectivity index (χ1n) is 12.8. The number of nitrogens with one attached hydrogen (secondary N) is 1. The van der Waals surface area contributed by atoms with E-state index in [1.54, 1.807) is 14.2 Å². The van der Waals surface area contributed by atoms with Gasteiger partial charge in [0.2, 0.25) is 5.91 Å². The molecule has 2 aromatic rings. The van der Waals surface area contributed by atoms with Gasteiger partial charge in [0.15, 0.2) is 11.5 Å². The summed E-state index contributed by atoms with van der Waals surface area (Å²) in [7, 11) is 3.35. The zero-order valence-corrected chi connectivity index (χ0v) is 20.6. The maximum Gasteiger partial charge on any atom is 0.223 e. The summed E-state index contributed by atoms with van der Waals surface area (Å²) in [6.45, 7) is 3.79. The van der Waals surface area contributed by atoms with Crippen LogP contribution in [0.2, 0.25) is 0 Å². The van der Waals surface area contributed by atoms with Crippen molar-refractivity contribution in [3.8, 4) is 11.5 Å². The molecule has 2 saturated carbocycles. The summed E-state index contributed by atoms with van der Waals surface area (Å²) in [5.74, 6) is 2.03. The quantitative estimate of drug-likeness (QED) is 0.604. The molecule has 1 saturated heterocycles. The van der Waals surface area contributed by atoms with Crippen LogP contribution in [0.15, 0.2) is 48.5 Å². The summed E-state index contributed by atoms with van der Waals surface area (Å²) < 4.78 is 10.8. The molecule has 5 rings (SSSR count). The van der Waals surface area contributed by atoms with Gasteiger partial charge in [0.25, 0.3) is 0 Å². The number of methoxy groups -OCH3 is 2. The molecule has 3 fully saturated rings. The molecule has 182 valence electrons. The van der Waals surface area contributed by atoms with E-state index in [2.05, 4.69) is 52.7 Å². The van der Waals surface area contributed by atoms with Crippen molar-refractivity contribution < 1.29 is 14.3 Å². The van der Waals surface area contributed by atoms with Gasteiger partial charge in [-0.05, 0) is 73.9 Å². The molecule has 2 aromatic carbocycles. The maximum atomic E-state index is 13.2. The van der Waals surface area contributed by atoms with Crippen LogP contribution >= 0.6 is 0 Å². The highest BCUT2D eigenvalue weighted by Gasteiger charge is 2.58. The Morgan fingerprint density at radius 1 is 0.971 bits per heavy atom. The number of benzene rings is 2. The molecule has 0 radical (unpaired) electrons. The molecule has 1 N–H and O–H groups in total. The Kier molecular flexibility index (Phi) is 6.57. The predicted octanol–water partition coefficient (Wildman–Crippen LogP) is 4.93. The lowest BCUT2D eigenvalue weighted by Crippen LogP contribution is -2.41. The Morgan fingerprint density at radius 3 is 2.35 bits per heavy atom. The molecule has 5 heteroatoms. The summed E-state index contributed by atoms with van der Waals surface area (Å²) in [6.07, 6.45) is 8.16. The van der Waals surface area contributed by atoms with E-state index in [1.807, 2.05) is 6.07 Å². The topological polar surface area (TPSA) is 50.8 Å². The summed E-state index contributed by atoms with van der Waals surface area (Å²) >= 11 is 0. The van der Waals surface area contributed by atoms with Gasteiger partial charge in [-0.25, -0.2) is 0 Å². The van der Waals surface area contributed by atoms with Crippen LogP contribution in [0.3, 0.4) is 0 Å². The SMILES string of the molecule is COc1ccc(CN2CCC3(CC2)C[C@@H]3C(=O)NCC2(c3ccccc3)CCCC2)cc1OC. The van der Waals surface area contributed by atoms with Gasteiger partial charge in [-0.1, -0.05) is 49.2 Å². The van der Waals surface area contributed by atoms with Crippen molar-refractivity contribution in [1.29, 1.82) is 0 Å². The molecule has 1 spiro atoms. The highest BCUT2D eigenvalue weighted by molar-refractivity contribution is 5.82. The van der Waals surface area contributed by atoms with Gasteiger partial charge in [-0.2, -0.15) is 0 Å². The van der Waals surface area contributed by atoms with Crippen molar-refractivity contribution >= 4 is 5.91 Å². The number of likely N-dealkylation sites (tertiary alicyclic amines) is 1. The Morgan fingerprint density at radius 2 is 1.68 bits per heavy atom. The van der Waals surface area contributed by atoms with Crippen LogP contribution < -0.4 is 14.8 Å². The van der Waals surface area contributed by atoms with Crippen molar-refractivity contribution in [2.24, 2.45) is 11.3 Å². The highest BCUT2D eigenvalue weighted by Crippen LogP contribution is 2.59. The summed E-state index contributed by atoms with van der Waals surface area (Å²) in [6, 6.07) is 17.0. The Balaban J connectivity index is 1.13. The Hall–Kier alpha value is -2.53. The fraction of sp³-hybridized carbons (Fsp3) is 0.552. The molecule has 1 amide bonds. The summed E-state index contributed by atoms with van der Waals surface area (Å²) in [5, 5.41) is 3.39. The van der Waals surface area contributed by atoms with Crippen LogP contribution in [0.1, 0.15) is 56.1 Å². The van der Waals surface area contributed by atoms with E-state index in [0.29, 0.717) is 0 Å². The molecule has 1 atom stereocenters. The van der Waals surface area contributed by atoms with Crippen molar-refractivity contribution in [3.63, 3.8) is 0 Å². The molecule has 34 heavy (non-hydrogen) atoms. The van der Waals surface area contributed by atoms with E-state index in [0.717, 1.165) is 56.9 Å². The minimum Gasteiger partial charge on any atom is -0.493 e. The zero-order valence-electron chi connectivity index (χ0n) is 20.6. The summed E-state index contributed by atoms with van der Waals surface area (Å²) in [5.41, 5.74) is 2.98. The Labute approximate surface area is 203 Å². The first-order valence-corrected chi connectivity index (χ1v) is 12.8. The molecule has 0 bridgehead atoms. The molecule has 1 aliphatic heterocycles. The van der Waals surface area contributed by atoms with Crippen LogP contribution in [0.4, 0.5) is 0 Å². The van der Waals surface area contributed by atoms with E-state index in [-0.39, 0.29) is 22.7 Å². The van der Waals surface area contributed by atoms with Crippen LogP contribution in [0.5, 0.6) is 11.5 Å². The first-order chi connectivity index (χ1) is 16.6. The average molecular weight is 463 g/mol. The van der Waals surface area contributed by atoms with Crippen LogP contribution in [-0.4, -0.2) is 44.7 Å². The number of hydrogen-bond acceptors (Lipinski definition) is 4. The fourth-order valence-corrected chi connectivity index (χ4v) is 6.46. The van der Waals surface area contributed by atoms with Crippen molar-refractivity contribution in [3.05, 3.63) is 59.7 Å². The fourth-order valence-electron chi connectivity index (χ4n) is 6.46. The van der Waals surface area contributed by atoms with E-state index in [4.69, 9.17) is 9.47 Å². The number of rotatable bonds is 8. The number of nitrogens with zero attached hydrogens (tertiary/aromatic N) is 1. The van der Waals surface area contributed by atoms with E-state index in [9.17, 15) is 4.79 Å². The lowest BCUT2D eigenvalue weighted by Gasteiger charge is -2.33. The monoisotopic (exact) mass is 462 g/mol. The number of carbonyl (C=O) groups is 1. The standard InChI is InChI=1S/C29H38N2O3/c1-33-25-11-10-22(18-26(25)34-2)20-31-16-14-28(15-17-31)19-24(28)27(32)30-21-29(12-6-7-13-29)23-8-4-3-5-9-23/h3-5,8-11,18,24H,6-7,12-17,19-21H2,1-2H3,(H,30,32)/t24-/m1/s1. The minimum absolute atomic E-state index is 0.127. The van der Waals surface area contributed by atoms with Crippen molar-refractivity contribution in [1.82, 2.24) is 10.2 Å². The van der Waals surface area contributed by atoms with Crippen LogP contribution in [0, 0.1) is 11.3 Å². The summed E-state index contributed by atoms with van der Waals surface area (Å²) in [4.78, 5) is 15.7. The average Bonchev–Trinajstić information content (AvgIpc) is 3.36. The molecule has 5 nitrogen and oxygen atoms in total. The van der Waals surface area contributed by atoms with Gasteiger partial charge in [0, 0.05) is 24.4 Å². The second kappa shape index (κ2) is 9.61. The predicted molar refractivity (Wildman–Crippen MR) is 134 cm³/mol. The number of amides is 1. The minimum atomic E-state index is 0.127. The van der Waals surface area contributed by atoms with Gasteiger partial charge >= 0.3 is 0 Å².